The van der Waals surface area contributed by atoms with Gasteiger partial charge in [-0.1, -0.05) is 6.07 Å². The van der Waals surface area contributed by atoms with Gasteiger partial charge in [-0.2, -0.15) is 0 Å². The molecule has 1 saturated heterocycles. The first-order chi connectivity index (χ1) is 11.7. The highest BCUT2D eigenvalue weighted by atomic mass is 127. The van der Waals surface area contributed by atoms with Crippen LogP contribution in [0.25, 0.3) is 0 Å². The number of hydrogen-bond donors (Lipinski definition) is 1. The van der Waals surface area contributed by atoms with Crippen LogP contribution >= 0.6 is 24.0 Å². The molecule has 25 heavy (non-hydrogen) atoms. The first-order valence-corrected chi connectivity index (χ1v) is 8.15. The predicted molar refractivity (Wildman–Crippen MR) is 109 cm³/mol. The normalized spacial score (nSPS) is 15.1. The summed E-state index contributed by atoms with van der Waals surface area (Å²) in [6, 6.07) is 6.02. The van der Waals surface area contributed by atoms with Gasteiger partial charge in [0.2, 0.25) is 0 Å². The summed E-state index contributed by atoms with van der Waals surface area (Å²) in [5.41, 5.74) is 0. The van der Waals surface area contributed by atoms with Gasteiger partial charge < -0.3 is 19.7 Å². The molecule has 1 fully saturated rings. The molecule has 1 aliphatic rings. The van der Waals surface area contributed by atoms with Crippen LogP contribution < -0.4 is 10.2 Å². The van der Waals surface area contributed by atoms with E-state index >= 15 is 0 Å². The summed E-state index contributed by atoms with van der Waals surface area (Å²) in [4.78, 5) is 13.4. The average molecular weight is 456 g/mol. The lowest BCUT2D eigenvalue weighted by Gasteiger charge is -2.37. The summed E-state index contributed by atoms with van der Waals surface area (Å²) < 4.78 is 1.99. The van der Waals surface area contributed by atoms with Crippen molar-refractivity contribution in [3.8, 4) is 0 Å². The smallest absolute Gasteiger partial charge is 0.194 e. The zero-order chi connectivity index (χ0) is 16.9. The highest BCUT2D eigenvalue weighted by Gasteiger charge is 2.20. The summed E-state index contributed by atoms with van der Waals surface area (Å²) in [6.07, 6.45) is 1.84. The van der Waals surface area contributed by atoms with Gasteiger partial charge in [-0.25, -0.2) is 4.98 Å². The van der Waals surface area contributed by atoms with Crippen LogP contribution in [-0.4, -0.2) is 63.8 Å². The number of aliphatic imine (C=N–C) groups is 1. The topological polar surface area (TPSA) is 74.5 Å². The molecule has 2 aromatic heterocycles. The van der Waals surface area contributed by atoms with E-state index in [9.17, 15) is 0 Å². The third-order valence-electron chi connectivity index (χ3n) is 4.35. The predicted octanol–water partition coefficient (Wildman–Crippen LogP) is 1.03. The van der Waals surface area contributed by atoms with Gasteiger partial charge in [-0.3, -0.25) is 4.99 Å². The van der Waals surface area contributed by atoms with Crippen LogP contribution in [-0.2, 0) is 13.6 Å². The van der Waals surface area contributed by atoms with E-state index in [2.05, 4.69) is 41.4 Å². The number of halogens is 1. The third kappa shape index (κ3) is 4.59. The molecule has 1 aliphatic heterocycles. The van der Waals surface area contributed by atoms with Crippen LogP contribution in [0.15, 0.2) is 29.4 Å². The quantitative estimate of drug-likeness (QED) is 0.423. The number of pyridine rings is 1. The molecule has 8 nitrogen and oxygen atoms in total. The first-order valence-electron chi connectivity index (χ1n) is 8.15. The van der Waals surface area contributed by atoms with Crippen LogP contribution in [0.5, 0.6) is 0 Å². The van der Waals surface area contributed by atoms with Gasteiger partial charge in [0.05, 0.1) is 6.54 Å². The number of aryl methyl sites for hydroxylation is 1. The Morgan fingerprint density at radius 2 is 1.96 bits per heavy atom. The molecule has 0 amide bonds. The van der Waals surface area contributed by atoms with Crippen molar-refractivity contribution in [1.82, 2.24) is 30.0 Å². The van der Waals surface area contributed by atoms with Crippen LogP contribution in [0.4, 0.5) is 5.82 Å². The second kappa shape index (κ2) is 8.97. The molecule has 1 N–H and O–H groups in total. The van der Waals surface area contributed by atoms with Crippen LogP contribution in [0.3, 0.4) is 0 Å². The lowest BCUT2D eigenvalue weighted by molar-refractivity contribution is 0.370. The Labute approximate surface area is 165 Å². The Bertz CT molecular complexity index is 691. The van der Waals surface area contributed by atoms with Gasteiger partial charge in [0.25, 0.3) is 0 Å². The fourth-order valence-electron chi connectivity index (χ4n) is 2.78. The molecule has 0 atom stereocenters. The van der Waals surface area contributed by atoms with Gasteiger partial charge in [-0.05, 0) is 19.1 Å². The summed E-state index contributed by atoms with van der Waals surface area (Å²) in [7, 11) is 3.79. The molecule has 136 valence electrons. The van der Waals surface area contributed by atoms with E-state index in [1.54, 1.807) is 0 Å². The second-order valence-electron chi connectivity index (χ2n) is 5.79. The number of piperazine rings is 1. The van der Waals surface area contributed by atoms with E-state index in [0.717, 1.165) is 49.6 Å². The Hall–Kier alpha value is -1.91. The van der Waals surface area contributed by atoms with Gasteiger partial charge in [0, 0.05) is 46.5 Å². The minimum atomic E-state index is 0. The molecule has 0 saturated carbocycles. The van der Waals surface area contributed by atoms with E-state index < -0.39 is 0 Å². The Morgan fingerprint density at radius 3 is 2.52 bits per heavy atom. The minimum absolute atomic E-state index is 0. The number of nitrogens with zero attached hydrogens (tertiary/aromatic N) is 7. The largest absolute Gasteiger partial charge is 0.353 e. The molecule has 3 rings (SSSR count). The van der Waals surface area contributed by atoms with Crippen LogP contribution in [0.2, 0.25) is 0 Å². The molecule has 0 bridgehead atoms. The fourth-order valence-corrected chi connectivity index (χ4v) is 2.78. The highest BCUT2D eigenvalue weighted by molar-refractivity contribution is 14.0. The van der Waals surface area contributed by atoms with Gasteiger partial charge in [0.15, 0.2) is 11.8 Å². The molecule has 3 heterocycles. The van der Waals surface area contributed by atoms with E-state index in [4.69, 9.17) is 0 Å². The van der Waals surface area contributed by atoms with Gasteiger partial charge in [-0.15, -0.1) is 34.2 Å². The number of nitrogens with one attached hydrogen (secondary N) is 1. The van der Waals surface area contributed by atoms with Crippen molar-refractivity contribution in [2.45, 2.75) is 13.5 Å². The SMILES string of the molecule is CN=C(NCc1nnc(C)n1C)N1CCN(c2ccccn2)CC1.I. The summed E-state index contributed by atoms with van der Waals surface area (Å²) in [6.45, 7) is 6.25. The maximum Gasteiger partial charge on any atom is 0.194 e. The summed E-state index contributed by atoms with van der Waals surface area (Å²) >= 11 is 0. The maximum absolute atomic E-state index is 4.42. The van der Waals surface area contributed by atoms with Crippen molar-refractivity contribution < 1.29 is 0 Å². The number of rotatable bonds is 3. The lowest BCUT2D eigenvalue weighted by Crippen LogP contribution is -2.52. The Morgan fingerprint density at radius 1 is 1.20 bits per heavy atom. The van der Waals surface area contributed by atoms with Crippen molar-refractivity contribution in [1.29, 1.82) is 0 Å². The van der Waals surface area contributed by atoms with Crippen molar-refractivity contribution in [3.63, 3.8) is 0 Å². The average Bonchev–Trinajstić information content (AvgIpc) is 2.96. The minimum Gasteiger partial charge on any atom is -0.353 e. The monoisotopic (exact) mass is 456 g/mol. The lowest BCUT2D eigenvalue weighted by atomic mass is 10.3. The molecule has 0 aromatic carbocycles. The number of hydrogen-bond acceptors (Lipinski definition) is 5. The fraction of sp³-hybridized carbons (Fsp3) is 0.500. The van der Waals surface area contributed by atoms with E-state index in [1.807, 2.05) is 43.9 Å². The van der Waals surface area contributed by atoms with Crippen molar-refractivity contribution in [2.24, 2.45) is 12.0 Å². The third-order valence-corrected chi connectivity index (χ3v) is 4.35. The first kappa shape index (κ1) is 19.4. The van der Waals surface area contributed by atoms with Crippen LogP contribution in [0, 0.1) is 6.92 Å². The number of guanidine groups is 1. The summed E-state index contributed by atoms with van der Waals surface area (Å²) in [5.74, 6) is 3.75. The molecule has 0 spiro atoms. The molecular weight excluding hydrogens is 431 g/mol. The number of anilines is 1. The van der Waals surface area contributed by atoms with Gasteiger partial charge in [0.1, 0.15) is 11.6 Å². The van der Waals surface area contributed by atoms with Crippen molar-refractivity contribution in [3.05, 3.63) is 36.0 Å². The maximum atomic E-state index is 4.42. The molecule has 0 unspecified atom stereocenters. The van der Waals surface area contributed by atoms with Crippen molar-refractivity contribution in [2.75, 3.05) is 38.1 Å². The summed E-state index contributed by atoms with van der Waals surface area (Å²) in [5, 5.41) is 11.6. The van der Waals surface area contributed by atoms with E-state index in [-0.39, 0.29) is 24.0 Å². The van der Waals surface area contributed by atoms with Gasteiger partial charge >= 0.3 is 0 Å². The second-order valence-corrected chi connectivity index (χ2v) is 5.79. The Balaban J connectivity index is 0.00000225. The molecular formula is C16H25IN8. The zero-order valence-electron chi connectivity index (χ0n) is 14.9. The van der Waals surface area contributed by atoms with Crippen molar-refractivity contribution >= 4 is 35.8 Å². The molecule has 2 aromatic rings. The number of aromatic nitrogens is 4. The molecule has 0 aliphatic carbocycles. The highest BCUT2D eigenvalue weighted by Crippen LogP contribution is 2.12. The molecule has 9 heteroatoms. The van der Waals surface area contributed by atoms with Crippen LogP contribution in [0.1, 0.15) is 11.6 Å². The van der Waals surface area contributed by atoms with E-state index in [0.29, 0.717) is 6.54 Å². The molecule has 0 radical (unpaired) electrons. The standard InChI is InChI=1S/C16H24N8.HI/c1-13-20-21-15(22(13)3)12-19-16(17-2)24-10-8-23(9-11-24)14-6-4-5-7-18-14;/h4-7H,8-12H2,1-3H3,(H,17,19);1H. The van der Waals surface area contributed by atoms with E-state index in [1.165, 1.54) is 0 Å². The zero-order valence-corrected chi connectivity index (χ0v) is 17.2. The Kier molecular flexibility index (Phi) is 6.97.